The van der Waals surface area contributed by atoms with Gasteiger partial charge in [0.05, 0.1) is 13.0 Å². The number of H-pyrrole nitrogens is 1. The predicted molar refractivity (Wildman–Crippen MR) is 104 cm³/mol. The first-order valence-electron chi connectivity index (χ1n) is 9.01. The Morgan fingerprint density at radius 3 is 2.69 bits per heavy atom. The lowest BCUT2D eigenvalue weighted by Crippen LogP contribution is -2.34. The summed E-state index contributed by atoms with van der Waals surface area (Å²) in [4.78, 5) is 42.3. The second kappa shape index (κ2) is 7.93. The van der Waals surface area contributed by atoms with Crippen molar-refractivity contribution in [3.63, 3.8) is 0 Å². The Morgan fingerprint density at radius 1 is 1.10 bits per heavy atom. The molecule has 0 radical (unpaired) electrons. The van der Waals surface area contributed by atoms with Crippen molar-refractivity contribution < 1.29 is 14.4 Å². The van der Waals surface area contributed by atoms with Gasteiger partial charge in [-0.15, -0.1) is 0 Å². The number of hydrogen-bond acceptors (Lipinski definition) is 5. The van der Waals surface area contributed by atoms with E-state index in [2.05, 4.69) is 25.8 Å². The number of nitrogens with one attached hydrogen (secondary N) is 3. The van der Waals surface area contributed by atoms with Crippen molar-refractivity contribution in [1.29, 1.82) is 0 Å². The normalized spacial score (nSPS) is 16.0. The molecule has 146 valence electrons. The van der Waals surface area contributed by atoms with E-state index in [0.717, 1.165) is 16.0 Å². The van der Waals surface area contributed by atoms with Crippen molar-refractivity contribution >= 4 is 23.5 Å². The van der Waals surface area contributed by atoms with Gasteiger partial charge in [-0.2, -0.15) is 5.10 Å². The Labute approximate surface area is 166 Å². The van der Waals surface area contributed by atoms with Crippen LogP contribution in [0.4, 0.5) is 10.5 Å². The van der Waals surface area contributed by atoms with Crippen LogP contribution in [-0.2, 0) is 16.1 Å². The summed E-state index contributed by atoms with van der Waals surface area (Å²) in [6.07, 6.45) is 1.25. The molecule has 0 saturated carbocycles. The van der Waals surface area contributed by atoms with E-state index < -0.39 is 18.0 Å². The molecule has 3 N–H and O–H groups in total. The molecule has 0 spiro atoms. The number of nitrogens with zero attached hydrogens (tertiary/aromatic N) is 3. The maximum atomic E-state index is 12.6. The number of rotatable bonds is 6. The van der Waals surface area contributed by atoms with E-state index in [1.54, 1.807) is 18.2 Å². The van der Waals surface area contributed by atoms with E-state index in [1.165, 1.54) is 6.33 Å². The smallest absolute Gasteiger partial charge is 0.325 e. The number of carbonyl (C=O) groups is 3. The summed E-state index contributed by atoms with van der Waals surface area (Å²) in [5.74, 6) is -0.208. The zero-order valence-corrected chi connectivity index (χ0v) is 15.3. The minimum Gasteiger partial charge on any atom is -0.326 e. The van der Waals surface area contributed by atoms with Crippen LogP contribution in [-0.4, -0.2) is 44.0 Å². The Balaban J connectivity index is 1.38. The van der Waals surface area contributed by atoms with Gasteiger partial charge in [-0.05, 0) is 17.7 Å². The number of imide groups is 1. The molecular weight excluding hydrogens is 372 g/mol. The first kappa shape index (κ1) is 18.4. The maximum Gasteiger partial charge on any atom is 0.325 e. The molecule has 29 heavy (non-hydrogen) atoms. The quantitative estimate of drug-likeness (QED) is 0.556. The molecule has 9 nitrogen and oxygen atoms in total. The number of aromatic amines is 1. The number of aromatic nitrogens is 3. The molecule has 2 aromatic carbocycles. The number of carbonyl (C=O) groups excluding carboxylic acids is 3. The molecule has 3 aromatic rings. The van der Waals surface area contributed by atoms with Gasteiger partial charge in [0.1, 0.15) is 12.4 Å². The van der Waals surface area contributed by atoms with Gasteiger partial charge in [0.25, 0.3) is 5.91 Å². The van der Waals surface area contributed by atoms with Gasteiger partial charge < -0.3 is 10.6 Å². The van der Waals surface area contributed by atoms with Gasteiger partial charge in [0.2, 0.25) is 5.91 Å². The lowest BCUT2D eigenvalue weighted by atomic mass is 10.1. The van der Waals surface area contributed by atoms with Crippen molar-refractivity contribution in [3.05, 3.63) is 66.5 Å². The average molecular weight is 390 g/mol. The van der Waals surface area contributed by atoms with Gasteiger partial charge in [-0.1, -0.05) is 42.5 Å². The van der Waals surface area contributed by atoms with Crippen LogP contribution in [0, 0.1) is 0 Å². The molecule has 1 fully saturated rings. The molecule has 2 heterocycles. The van der Waals surface area contributed by atoms with Crippen LogP contribution >= 0.6 is 0 Å². The topological polar surface area (TPSA) is 120 Å². The van der Waals surface area contributed by atoms with Gasteiger partial charge in [-0.3, -0.25) is 19.6 Å². The van der Waals surface area contributed by atoms with Crippen molar-refractivity contribution in [2.24, 2.45) is 0 Å². The van der Waals surface area contributed by atoms with Crippen LogP contribution in [0.2, 0.25) is 0 Å². The molecule has 1 aliphatic heterocycles. The van der Waals surface area contributed by atoms with Crippen molar-refractivity contribution in [2.45, 2.75) is 19.0 Å². The Kier molecular flexibility index (Phi) is 5.02. The highest BCUT2D eigenvalue weighted by Gasteiger charge is 2.38. The van der Waals surface area contributed by atoms with E-state index in [1.807, 2.05) is 36.4 Å². The van der Waals surface area contributed by atoms with Gasteiger partial charge in [-0.25, -0.2) is 9.78 Å². The van der Waals surface area contributed by atoms with Crippen molar-refractivity contribution in [2.75, 3.05) is 5.32 Å². The fourth-order valence-corrected chi connectivity index (χ4v) is 3.12. The molecule has 0 bridgehead atoms. The number of urea groups is 1. The largest absolute Gasteiger partial charge is 0.326 e. The number of amides is 4. The molecule has 1 atom stereocenters. The van der Waals surface area contributed by atoms with Gasteiger partial charge >= 0.3 is 6.03 Å². The second-order valence-corrected chi connectivity index (χ2v) is 6.58. The lowest BCUT2D eigenvalue weighted by molar-refractivity contribution is -0.130. The lowest BCUT2D eigenvalue weighted by Gasteiger charge is -2.13. The van der Waals surface area contributed by atoms with E-state index in [0.29, 0.717) is 11.5 Å². The summed E-state index contributed by atoms with van der Waals surface area (Å²) < 4.78 is 0. The Morgan fingerprint density at radius 2 is 1.93 bits per heavy atom. The second-order valence-electron chi connectivity index (χ2n) is 6.58. The zero-order chi connectivity index (χ0) is 20.2. The van der Waals surface area contributed by atoms with Gasteiger partial charge in [0, 0.05) is 11.3 Å². The van der Waals surface area contributed by atoms with Crippen LogP contribution in [0.3, 0.4) is 0 Å². The highest BCUT2D eigenvalue weighted by atomic mass is 16.2. The fourth-order valence-electron chi connectivity index (χ4n) is 3.12. The molecule has 4 rings (SSSR count). The fraction of sp³-hybridized carbons (Fsp3) is 0.150. The summed E-state index contributed by atoms with van der Waals surface area (Å²) >= 11 is 0. The minimum absolute atomic E-state index is 0.150. The molecule has 1 aliphatic rings. The van der Waals surface area contributed by atoms with Crippen LogP contribution in [0.25, 0.3) is 11.4 Å². The highest BCUT2D eigenvalue weighted by molar-refractivity contribution is 6.06. The third kappa shape index (κ3) is 4.13. The third-order valence-corrected chi connectivity index (χ3v) is 4.51. The monoisotopic (exact) mass is 390 g/mol. The molecule has 0 unspecified atom stereocenters. The minimum atomic E-state index is -0.885. The van der Waals surface area contributed by atoms with Crippen LogP contribution < -0.4 is 10.6 Å². The summed E-state index contributed by atoms with van der Waals surface area (Å²) in [6, 6.07) is 14.9. The molecule has 4 amide bonds. The Hall–Kier alpha value is -4.01. The molecule has 9 heteroatoms. The standard InChI is InChI=1S/C20H18N6O3/c27-17(23-15-8-4-7-14(9-15)18-21-12-22-25-18)10-16-19(28)26(20(29)24-16)11-13-5-2-1-3-6-13/h1-9,12,16H,10-11H2,(H,23,27)(H,24,29)(H,21,22,25)/t16-/m0/s1. The summed E-state index contributed by atoms with van der Waals surface area (Å²) in [5, 5.41) is 11.9. The van der Waals surface area contributed by atoms with E-state index in [4.69, 9.17) is 0 Å². The number of hydrogen-bond donors (Lipinski definition) is 3. The van der Waals surface area contributed by atoms with Gasteiger partial charge in [0.15, 0.2) is 5.82 Å². The maximum absolute atomic E-state index is 12.6. The first-order valence-corrected chi connectivity index (χ1v) is 9.01. The number of anilines is 1. The third-order valence-electron chi connectivity index (χ3n) is 4.51. The molecule has 1 saturated heterocycles. The molecule has 1 aromatic heterocycles. The van der Waals surface area contributed by atoms with Crippen LogP contribution in [0.1, 0.15) is 12.0 Å². The predicted octanol–water partition coefficient (Wildman–Crippen LogP) is 1.92. The molecule has 0 aliphatic carbocycles. The number of benzene rings is 2. The highest BCUT2D eigenvalue weighted by Crippen LogP contribution is 2.19. The Bertz CT molecular complexity index is 1040. The van der Waals surface area contributed by atoms with Crippen LogP contribution in [0.15, 0.2) is 60.9 Å². The molecular formula is C20H18N6O3. The van der Waals surface area contributed by atoms with E-state index in [-0.39, 0.29) is 18.9 Å². The summed E-state index contributed by atoms with van der Waals surface area (Å²) in [6.45, 7) is 0.169. The van der Waals surface area contributed by atoms with E-state index in [9.17, 15) is 14.4 Å². The SMILES string of the molecule is O=C(C[C@@H]1NC(=O)N(Cc2ccccc2)C1=O)Nc1cccc(-c2ncn[nH]2)c1. The average Bonchev–Trinajstić information content (AvgIpc) is 3.34. The van der Waals surface area contributed by atoms with Crippen LogP contribution in [0.5, 0.6) is 0 Å². The first-order chi connectivity index (χ1) is 14.1. The van der Waals surface area contributed by atoms with E-state index >= 15 is 0 Å². The summed E-state index contributed by atoms with van der Waals surface area (Å²) in [7, 11) is 0. The van der Waals surface area contributed by atoms with Crippen molar-refractivity contribution in [3.8, 4) is 11.4 Å². The summed E-state index contributed by atoms with van der Waals surface area (Å²) in [5.41, 5.74) is 2.16. The van der Waals surface area contributed by atoms with Crippen molar-refractivity contribution in [1.82, 2.24) is 25.4 Å². The zero-order valence-electron chi connectivity index (χ0n) is 15.3.